The summed E-state index contributed by atoms with van der Waals surface area (Å²) in [4.78, 5) is 12.4. The second-order valence-electron chi connectivity index (χ2n) is 5.57. The van der Waals surface area contributed by atoms with Crippen molar-refractivity contribution in [3.05, 3.63) is 48.0 Å². The normalized spacial score (nSPS) is 11.2. The van der Waals surface area contributed by atoms with Crippen molar-refractivity contribution in [2.24, 2.45) is 0 Å². The molecular weight excluding hydrogens is 330 g/mol. The molecule has 0 saturated carbocycles. The Kier molecular flexibility index (Phi) is 6.86. The van der Waals surface area contributed by atoms with Crippen molar-refractivity contribution in [3.8, 4) is 17.6 Å². The van der Waals surface area contributed by atoms with E-state index in [9.17, 15) is 4.79 Å². The lowest BCUT2D eigenvalue weighted by Crippen LogP contribution is -2.31. The molecule has 0 saturated heterocycles. The average Bonchev–Trinajstić information content (AvgIpc) is 2.64. The van der Waals surface area contributed by atoms with Gasteiger partial charge in [-0.2, -0.15) is 5.26 Å². The second kappa shape index (κ2) is 9.33. The van der Waals surface area contributed by atoms with Crippen LogP contribution in [0.2, 0.25) is 0 Å². The molecule has 0 spiro atoms. The van der Waals surface area contributed by atoms with Crippen LogP contribution in [0.15, 0.2) is 42.5 Å². The smallest absolute Gasteiger partial charge is 0.246 e. The number of rotatable bonds is 8. The van der Waals surface area contributed by atoms with Gasteiger partial charge in [-0.1, -0.05) is 0 Å². The van der Waals surface area contributed by atoms with E-state index in [0.717, 1.165) is 5.69 Å². The zero-order valence-corrected chi connectivity index (χ0v) is 15.2. The number of nitriles is 1. The monoisotopic (exact) mass is 353 g/mol. The van der Waals surface area contributed by atoms with Gasteiger partial charge in [0.15, 0.2) is 11.5 Å². The van der Waals surface area contributed by atoms with Crippen molar-refractivity contribution in [1.29, 1.82) is 5.26 Å². The number of ether oxygens (including phenoxy) is 2. The van der Waals surface area contributed by atoms with E-state index < -0.39 is 6.04 Å². The summed E-state index contributed by atoms with van der Waals surface area (Å²) in [5.41, 5.74) is 1.95. The van der Waals surface area contributed by atoms with Crippen LogP contribution in [0.3, 0.4) is 0 Å². The largest absolute Gasteiger partial charge is 0.490 e. The van der Waals surface area contributed by atoms with Gasteiger partial charge in [0.2, 0.25) is 5.91 Å². The molecule has 0 unspecified atom stereocenters. The summed E-state index contributed by atoms with van der Waals surface area (Å²) in [6.45, 7) is 6.67. The molecule has 2 aromatic rings. The predicted molar refractivity (Wildman–Crippen MR) is 102 cm³/mol. The van der Waals surface area contributed by atoms with Crippen LogP contribution in [-0.4, -0.2) is 25.2 Å². The summed E-state index contributed by atoms with van der Waals surface area (Å²) in [5.74, 6) is 1.13. The van der Waals surface area contributed by atoms with Crippen molar-refractivity contribution in [2.75, 3.05) is 23.8 Å². The highest BCUT2D eigenvalue weighted by atomic mass is 16.5. The summed E-state index contributed by atoms with van der Waals surface area (Å²) in [5, 5.41) is 14.8. The third-order valence-electron chi connectivity index (χ3n) is 3.60. The quantitative estimate of drug-likeness (QED) is 0.754. The average molecular weight is 353 g/mol. The molecule has 26 heavy (non-hydrogen) atoms. The lowest BCUT2D eigenvalue weighted by Gasteiger charge is -2.17. The second-order valence-corrected chi connectivity index (χ2v) is 5.57. The molecule has 0 bridgehead atoms. The Hall–Kier alpha value is -3.20. The lowest BCUT2D eigenvalue weighted by molar-refractivity contribution is -0.116. The number of benzene rings is 2. The van der Waals surface area contributed by atoms with Crippen LogP contribution in [0.1, 0.15) is 26.3 Å². The minimum atomic E-state index is -0.460. The number of carbonyl (C=O) groups is 1. The van der Waals surface area contributed by atoms with Crippen molar-refractivity contribution in [2.45, 2.75) is 26.8 Å². The van der Waals surface area contributed by atoms with Crippen LogP contribution in [0.4, 0.5) is 11.4 Å². The predicted octanol–water partition coefficient (Wildman–Crippen LogP) is 3.79. The fourth-order valence-corrected chi connectivity index (χ4v) is 2.34. The van der Waals surface area contributed by atoms with E-state index in [4.69, 9.17) is 14.7 Å². The Morgan fingerprint density at radius 2 is 1.65 bits per heavy atom. The molecule has 0 fully saturated rings. The van der Waals surface area contributed by atoms with Crippen molar-refractivity contribution < 1.29 is 14.3 Å². The highest BCUT2D eigenvalue weighted by molar-refractivity contribution is 5.96. The van der Waals surface area contributed by atoms with E-state index in [2.05, 4.69) is 10.6 Å². The van der Waals surface area contributed by atoms with Crippen LogP contribution >= 0.6 is 0 Å². The van der Waals surface area contributed by atoms with Crippen molar-refractivity contribution in [1.82, 2.24) is 0 Å². The zero-order chi connectivity index (χ0) is 18.9. The molecule has 0 radical (unpaired) electrons. The first-order valence-corrected chi connectivity index (χ1v) is 8.54. The van der Waals surface area contributed by atoms with E-state index >= 15 is 0 Å². The molecule has 0 aliphatic carbocycles. The SMILES string of the molecule is CCOc1ccc(N[C@@H](C)C(=O)Nc2ccc(C#N)cc2)cc1OCC. The van der Waals surface area contributed by atoms with Gasteiger partial charge >= 0.3 is 0 Å². The van der Waals surface area contributed by atoms with Crippen LogP contribution in [0.25, 0.3) is 0 Å². The summed E-state index contributed by atoms with van der Waals surface area (Å²) < 4.78 is 11.1. The molecule has 1 amide bonds. The standard InChI is InChI=1S/C20H23N3O3/c1-4-25-18-11-10-17(12-19(18)26-5-2)22-14(3)20(24)23-16-8-6-15(13-21)7-9-16/h6-12,14,22H,4-5H2,1-3H3,(H,23,24)/t14-/m0/s1. The molecule has 0 aromatic heterocycles. The number of hydrogen-bond donors (Lipinski definition) is 2. The van der Waals surface area contributed by atoms with Crippen LogP contribution < -0.4 is 20.1 Å². The van der Waals surface area contributed by atoms with Gasteiger partial charge in [-0.15, -0.1) is 0 Å². The first-order valence-electron chi connectivity index (χ1n) is 8.54. The van der Waals surface area contributed by atoms with Gasteiger partial charge in [0.25, 0.3) is 0 Å². The van der Waals surface area contributed by atoms with Gasteiger partial charge in [-0.3, -0.25) is 4.79 Å². The fourth-order valence-electron chi connectivity index (χ4n) is 2.34. The van der Waals surface area contributed by atoms with Gasteiger partial charge in [0.1, 0.15) is 6.04 Å². The number of nitrogens with zero attached hydrogens (tertiary/aromatic N) is 1. The van der Waals surface area contributed by atoms with Gasteiger partial charge < -0.3 is 20.1 Å². The molecule has 0 aliphatic heterocycles. The minimum absolute atomic E-state index is 0.179. The van der Waals surface area contributed by atoms with E-state index in [1.165, 1.54) is 0 Å². The Morgan fingerprint density at radius 1 is 1.04 bits per heavy atom. The van der Waals surface area contributed by atoms with Gasteiger partial charge in [-0.25, -0.2) is 0 Å². The van der Waals surface area contributed by atoms with E-state index in [-0.39, 0.29) is 5.91 Å². The van der Waals surface area contributed by atoms with Crippen LogP contribution in [0.5, 0.6) is 11.5 Å². The van der Waals surface area contributed by atoms with Crippen molar-refractivity contribution in [3.63, 3.8) is 0 Å². The molecule has 136 valence electrons. The Bertz CT molecular complexity index is 782. The fraction of sp³-hybridized carbons (Fsp3) is 0.300. The highest BCUT2D eigenvalue weighted by Crippen LogP contribution is 2.30. The lowest BCUT2D eigenvalue weighted by atomic mass is 10.2. The van der Waals surface area contributed by atoms with Crippen LogP contribution in [0, 0.1) is 11.3 Å². The summed E-state index contributed by atoms with van der Waals surface area (Å²) in [6.07, 6.45) is 0. The Labute approximate surface area is 153 Å². The minimum Gasteiger partial charge on any atom is -0.490 e. The molecule has 0 heterocycles. The van der Waals surface area contributed by atoms with E-state index in [1.54, 1.807) is 31.2 Å². The zero-order valence-electron chi connectivity index (χ0n) is 15.2. The summed E-state index contributed by atoms with van der Waals surface area (Å²) >= 11 is 0. The number of carbonyl (C=O) groups excluding carboxylic acids is 1. The number of anilines is 2. The third-order valence-corrected chi connectivity index (χ3v) is 3.60. The molecule has 2 rings (SSSR count). The highest BCUT2D eigenvalue weighted by Gasteiger charge is 2.14. The van der Waals surface area contributed by atoms with Gasteiger partial charge in [0.05, 0.1) is 24.8 Å². The molecule has 6 heteroatoms. The van der Waals surface area contributed by atoms with E-state index in [1.807, 2.05) is 38.1 Å². The van der Waals surface area contributed by atoms with Gasteiger partial charge in [0, 0.05) is 17.4 Å². The first-order chi connectivity index (χ1) is 12.6. The maximum absolute atomic E-state index is 12.4. The topological polar surface area (TPSA) is 83.4 Å². The Balaban J connectivity index is 2.03. The molecule has 6 nitrogen and oxygen atoms in total. The summed E-state index contributed by atoms with van der Waals surface area (Å²) in [6, 6.07) is 13.8. The molecular formula is C20H23N3O3. The molecule has 2 N–H and O–H groups in total. The van der Waals surface area contributed by atoms with Gasteiger partial charge in [-0.05, 0) is 57.2 Å². The first kappa shape index (κ1) is 19.1. The molecule has 2 aromatic carbocycles. The number of amides is 1. The number of hydrogen-bond acceptors (Lipinski definition) is 5. The number of nitrogens with one attached hydrogen (secondary N) is 2. The maximum Gasteiger partial charge on any atom is 0.246 e. The Morgan fingerprint density at radius 3 is 2.27 bits per heavy atom. The molecule has 1 atom stereocenters. The summed E-state index contributed by atoms with van der Waals surface area (Å²) in [7, 11) is 0. The molecule has 0 aliphatic rings. The van der Waals surface area contributed by atoms with E-state index in [0.29, 0.717) is 36.0 Å². The van der Waals surface area contributed by atoms with Crippen LogP contribution in [-0.2, 0) is 4.79 Å². The maximum atomic E-state index is 12.4. The van der Waals surface area contributed by atoms with Crippen molar-refractivity contribution >= 4 is 17.3 Å². The third kappa shape index (κ3) is 5.15.